The molecule has 0 saturated heterocycles. The molecular formula is C10H17NO4. The number of carboxylic acid groups (broad SMARTS) is 1. The zero-order valence-electron chi connectivity index (χ0n) is 8.86. The van der Waals surface area contributed by atoms with E-state index in [1.54, 1.807) is 0 Å². The minimum absolute atomic E-state index is 0.0174. The van der Waals surface area contributed by atoms with Gasteiger partial charge in [0.1, 0.15) is 6.61 Å². The Labute approximate surface area is 88.8 Å². The normalized spacial score (nSPS) is 24.3. The number of ether oxygens (including phenoxy) is 1. The summed E-state index contributed by atoms with van der Waals surface area (Å²) >= 11 is 0. The molecule has 5 nitrogen and oxygen atoms in total. The summed E-state index contributed by atoms with van der Waals surface area (Å²) < 4.78 is 5.06. The van der Waals surface area contributed by atoms with E-state index in [-0.39, 0.29) is 24.5 Å². The summed E-state index contributed by atoms with van der Waals surface area (Å²) in [5, 5.41) is 11.4. The molecule has 1 saturated carbocycles. The topological polar surface area (TPSA) is 75.6 Å². The first kappa shape index (κ1) is 12.0. The third-order valence-corrected chi connectivity index (χ3v) is 2.43. The Bertz CT molecular complexity index is 236. The van der Waals surface area contributed by atoms with Gasteiger partial charge in [-0.15, -0.1) is 0 Å². The Morgan fingerprint density at radius 1 is 1.47 bits per heavy atom. The molecule has 0 aromatic carbocycles. The van der Waals surface area contributed by atoms with Gasteiger partial charge in [-0.1, -0.05) is 6.92 Å². The summed E-state index contributed by atoms with van der Waals surface area (Å²) in [5.74, 6) is -1.22. The van der Waals surface area contributed by atoms with E-state index in [0.29, 0.717) is 19.4 Å². The van der Waals surface area contributed by atoms with E-state index >= 15 is 0 Å². The Balaban J connectivity index is 2.06. The predicted molar refractivity (Wildman–Crippen MR) is 53.4 cm³/mol. The van der Waals surface area contributed by atoms with Crippen molar-refractivity contribution in [3.05, 3.63) is 0 Å². The van der Waals surface area contributed by atoms with E-state index in [0.717, 1.165) is 6.42 Å². The van der Waals surface area contributed by atoms with Crippen LogP contribution in [0.5, 0.6) is 0 Å². The molecule has 2 N–H and O–H groups in total. The van der Waals surface area contributed by atoms with Crippen molar-refractivity contribution in [1.82, 2.24) is 5.32 Å². The Morgan fingerprint density at radius 2 is 2.13 bits per heavy atom. The fourth-order valence-corrected chi connectivity index (χ4v) is 1.52. The summed E-state index contributed by atoms with van der Waals surface area (Å²) in [7, 11) is 0. The smallest absolute Gasteiger partial charge is 0.306 e. The first-order chi connectivity index (χ1) is 7.13. The third-order valence-electron chi connectivity index (χ3n) is 2.43. The van der Waals surface area contributed by atoms with Gasteiger partial charge in [-0.05, 0) is 19.3 Å². The van der Waals surface area contributed by atoms with Crippen molar-refractivity contribution in [2.45, 2.75) is 32.2 Å². The van der Waals surface area contributed by atoms with Crippen LogP contribution in [0.15, 0.2) is 0 Å². The Hall–Kier alpha value is -1.10. The van der Waals surface area contributed by atoms with E-state index in [1.807, 2.05) is 6.92 Å². The van der Waals surface area contributed by atoms with Gasteiger partial charge >= 0.3 is 5.97 Å². The molecule has 1 fully saturated rings. The summed E-state index contributed by atoms with van der Waals surface area (Å²) in [6.45, 7) is 2.62. The van der Waals surface area contributed by atoms with Crippen LogP contribution in [-0.2, 0) is 14.3 Å². The highest BCUT2D eigenvalue weighted by atomic mass is 16.5. The van der Waals surface area contributed by atoms with E-state index in [2.05, 4.69) is 5.32 Å². The Morgan fingerprint density at radius 3 is 2.67 bits per heavy atom. The maximum atomic E-state index is 11.2. The Kier molecular flexibility index (Phi) is 4.55. The quantitative estimate of drug-likeness (QED) is 0.628. The lowest BCUT2D eigenvalue weighted by Gasteiger charge is -2.32. The summed E-state index contributed by atoms with van der Waals surface area (Å²) in [6, 6.07) is 0.0174. The molecule has 86 valence electrons. The van der Waals surface area contributed by atoms with Crippen molar-refractivity contribution in [3.63, 3.8) is 0 Å². The van der Waals surface area contributed by atoms with Crippen molar-refractivity contribution in [2.75, 3.05) is 13.2 Å². The molecule has 15 heavy (non-hydrogen) atoms. The standard InChI is InChI=1S/C10H17NO4/c1-2-3-15-6-9(12)11-8-4-7(5-8)10(13)14/h7-8H,2-6H2,1H3,(H,11,12)(H,13,14). The van der Waals surface area contributed by atoms with E-state index < -0.39 is 5.97 Å². The first-order valence-electron chi connectivity index (χ1n) is 5.23. The van der Waals surface area contributed by atoms with Gasteiger partial charge in [-0.2, -0.15) is 0 Å². The van der Waals surface area contributed by atoms with Crippen LogP contribution in [0.25, 0.3) is 0 Å². The summed E-state index contributed by atoms with van der Waals surface area (Å²) in [4.78, 5) is 21.7. The minimum Gasteiger partial charge on any atom is -0.481 e. The van der Waals surface area contributed by atoms with Crippen molar-refractivity contribution in [1.29, 1.82) is 0 Å². The monoisotopic (exact) mass is 215 g/mol. The fourth-order valence-electron chi connectivity index (χ4n) is 1.52. The maximum absolute atomic E-state index is 11.2. The molecule has 0 atom stereocenters. The van der Waals surface area contributed by atoms with Crippen LogP contribution in [0.3, 0.4) is 0 Å². The van der Waals surface area contributed by atoms with Crippen molar-refractivity contribution < 1.29 is 19.4 Å². The number of nitrogens with one attached hydrogen (secondary N) is 1. The number of amides is 1. The maximum Gasteiger partial charge on any atom is 0.306 e. The van der Waals surface area contributed by atoms with Crippen LogP contribution in [0.4, 0.5) is 0 Å². The highest BCUT2D eigenvalue weighted by Gasteiger charge is 2.35. The lowest BCUT2D eigenvalue weighted by Crippen LogP contribution is -2.47. The zero-order chi connectivity index (χ0) is 11.3. The molecule has 1 aliphatic rings. The molecule has 0 aliphatic heterocycles. The molecule has 0 spiro atoms. The van der Waals surface area contributed by atoms with E-state index in [1.165, 1.54) is 0 Å². The van der Waals surface area contributed by atoms with Crippen molar-refractivity contribution in [2.24, 2.45) is 5.92 Å². The third kappa shape index (κ3) is 3.87. The van der Waals surface area contributed by atoms with Gasteiger partial charge in [0.2, 0.25) is 5.91 Å². The molecule has 1 amide bonds. The summed E-state index contributed by atoms with van der Waals surface area (Å²) in [5.41, 5.74) is 0. The van der Waals surface area contributed by atoms with Crippen LogP contribution in [-0.4, -0.2) is 36.2 Å². The average Bonchev–Trinajstić information content (AvgIpc) is 2.10. The van der Waals surface area contributed by atoms with Crippen LogP contribution in [0.1, 0.15) is 26.2 Å². The molecule has 0 bridgehead atoms. The molecule has 5 heteroatoms. The van der Waals surface area contributed by atoms with Crippen LogP contribution in [0, 0.1) is 5.92 Å². The van der Waals surface area contributed by atoms with Crippen molar-refractivity contribution >= 4 is 11.9 Å². The van der Waals surface area contributed by atoms with Crippen molar-refractivity contribution in [3.8, 4) is 0 Å². The molecule has 1 aliphatic carbocycles. The van der Waals surface area contributed by atoms with Gasteiger partial charge in [0.15, 0.2) is 0 Å². The molecule has 1 rings (SSSR count). The molecule has 0 aromatic rings. The van der Waals surface area contributed by atoms with E-state index in [9.17, 15) is 9.59 Å². The number of carbonyl (C=O) groups is 2. The molecule has 0 unspecified atom stereocenters. The van der Waals surface area contributed by atoms with Gasteiger partial charge < -0.3 is 15.2 Å². The van der Waals surface area contributed by atoms with Gasteiger partial charge in [0, 0.05) is 12.6 Å². The highest BCUT2D eigenvalue weighted by molar-refractivity contribution is 5.78. The zero-order valence-corrected chi connectivity index (χ0v) is 8.86. The molecule has 0 aromatic heterocycles. The number of rotatable bonds is 6. The van der Waals surface area contributed by atoms with Crippen LogP contribution < -0.4 is 5.32 Å². The van der Waals surface area contributed by atoms with Crippen LogP contribution >= 0.6 is 0 Å². The number of carboxylic acids is 1. The largest absolute Gasteiger partial charge is 0.481 e. The van der Waals surface area contributed by atoms with Gasteiger partial charge in [-0.25, -0.2) is 0 Å². The van der Waals surface area contributed by atoms with Crippen LogP contribution in [0.2, 0.25) is 0 Å². The molecule has 0 heterocycles. The fraction of sp³-hybridized carbons (Fsp3) is 0.800. The molecular weight excluding hydrogens is 198 g/mol. The van der Waals surface area contributed by atoms with Gasteiger partial charge in [0.05, 0.1) is 5.92 Å². The number of carbonyl (C=O) groups excluding carboxylic acids is 1. The highest BCUT2D eigenvalue weighted by Crippen LogP contribution is 2.27. The number of hydrogen-bond donors (Lipinski definition) is 2. The minimum atomic E-state index is -0.775. The second-order valence-electron chi connectivity index (χ2n) is 3.82. The predicted octanol–water partition coefficient (Wildman–Crippen LogP) is 0.392. The molecule has 0 radical (unpaired) electrons. The van der Waals surface area contributed by atoms with Gasteiger partial charge in [-0.3, -0.25) is 9.59 Å². The SMILES string of the molecule is CCCOCC(=O)NC1CC(C(=O)O)C1. The lowest BCUT2D eigenvalue weighted by atomic mass is 9.80. The second kappa shape index (κ2) is 5.70. The number of aliphatic carboxylic acids is 1. The average molecular weight is 215 g/mol. The lowest BCUT2D eigenvalue weighted by molar-refractivity contribution is -0.146. The second-order valence-corrected chi connectivity index (χ2v) is 3.82. The van der Waals surface area contributed by atoms with Gasteiger partial charge in [0.25, 0.3) is 0 Å². The van der Waals surface area contributed by atoms with E-state index in [4.69, 9.17) is 9.84 Å². The first-order valence-corrected chi connectivity index (χ1v) is 5.23. The number of hydrogen-bond acceptors (Lipinski definition) is 3. The summed E-state index contributed by atoms with van der Waals surface area (Å²) in [6.07, 6.45) is 1.96.